The van der Waals surface area contributed by atoms with Crippen LogP contribution in [0.4, 0.5) is 5.69 Å². The van der Waals surface area contributed by atoms with Crippen molar-refractivity contribution in [1.29, 1.82) is 0 Å². The van der Waals surface area contributed by atoms with E-state index in [9.17, 15) is 0 Å². The molecule has 1 N–H and O–H groups in total. The standard InChI is InChI=1S/C57H42N4O/c1-35-33-39(41-31-32-44(43-24-12-11-23-42(41)43)57-60-55(37-19-7-3-8-20-37)59-56(61-57)38-21-9-4-10-22-38)29-30-40(35)54-47-34-50-53(46-26-14-16-28-49(46)62-50)51(36-17-5-2-6-18-36)52(47)45-25-13-15-27-48(45)58-54/h2-32,34-35,50,53-54,58H,33H2,1H3. The fourth-order valence-corrected chi connectivity index (χ4v) is 10.2. The van der Waals surface area contributed by atoms with Crippen LogP contribution in [0.5, 0.6) is 5.75 Å². The number of fused-ring (bicyclic) bond motifs is 7. The highest BCUT2D eigenvalue weighted by atomic mass is 16.5. The van der Waals surface area contributed by atoms with Gasteiger partial charge in [-0.2, -0.15) is 0 Å². The fraction of sp³-hybridized carbons (Fsp3) is 0.105. The van der Waals surface area contributed by atoms with Gasteiger partial charge in [-0.25, -0.2) is 15.0 Å². The zero-order valence-corrected chi connectivity index (χ0v) is 34.2. The summed E-state index contributed by atoms with van der Waals surface area (Å²) in [6.07, 6.45) is 7.98. The highest BCUT2D eigenvalue weighted by molar-refractivity contribution is 6.08. The molecule has 12 rings (SSSR count). The molecule has 0 saturated carbocycles. The Morgan fingerprint density at radius 3 is 1.82 bits per heavy atom. The Morgan fingerprint density at radius 2 is 1.11 bits per heavy atom. The number of hydrogen-bond acceptors (Lipinski definition) is 5. The third-order valence-corrected chi connectivity index (χ3v) is 13.1. The fourth-order valence-electron chi connectivity index (χ4n) is 10.2. The molecule has 8 aromatic rings. The lowest BCUT2D eigenvalue weighted by Crippen LogP contribution is -2.36. The molecule has 3 heterocycles. The smallest absolute Gasteiger partial charge is 0.164 e. The second-order valence-corrected chi connectivity index (χ2v) is 16.7. The molecule has 296 valence electrons. The zero-order chi connectivity index (χ0) is 41.1. The van der Waals surface area contributed by atoms with Crippen molar-refractivity contribution >= 4 is 33.2 Å². The molecule has 2 aliphatic heterocycles. The minimum absolute atomic E-state index is 0.0137. The summed E-state index contributed by atoms with van der Waals surface area (Å²) in [6, 6.07) is 61.8. The van der Waals surface area contributed by atoms with E-state index in [0.29, 0.717) is 17.5 Å². The van der Waals surface area contributed by atoms with Gasteiger partial charge in [0.05, 0.1) is 12.0 Å². The average molecular weight is 799 g/mol. The molecule has 0 saturated heterocycles. The molecule has 5 heteroatoms. The number of aromatic nitrogens is 3. The van der Waals surface area contributed by atoms with E-state index in [1.54, 1.807) is 0 Å². The summed E-state index contributed by atoms with van der Waals surface area (Å²) in [5.74, 6) is 3.32. The maximum Gasteiger partial charge on any atom is 0.164 e. The van der Waals surface area contributed by atoms with Crippen LogP contribution in [0.25, 0.3) is 61.7 Å². The Kier molecular flexibility index (Phi) is 8.66. The van der Waals surface area contributed by atoms with Crippen molar-refractivity contribution in [2.45, 2.75) is 31.4 Å². The van der Waals surface area contributed by atoms with Gasteiger partial charge >= 0.3 is 0 Å². The Bertz CT molecular complexity index is 3130. The maximum atomic E-state index is 6.80. The summed E-state index contributed by atoms with van der Waals surface area (Å²) in [5.41, 5.74) is 15.7. The summed E-state index contributed by atoms with van der Waals surface area (Å²) in [5, 5.41) is 6.34. The van der Waals surface area contributed by atoms with Gasteiger partial charge in [0.15, 0.2) is 17.5 Å². The molecule has 0 bridgehead atoms. The van der Waals surface area contributed by atoms with Crippen LogP contribution in [0, 0.1) is 5.92 Å². The number of hydrogen-bond donors (Lipinski definition) is 1. The van der Waals surface area contributed by atoms with Crippen molar-refractivity contribution in [1.82, 2.24) is 15.0 Å². The third-order valence-electron chi connectivity index (χ3n) is 13.1. The number of nitrogens with one attached hydrogen (secondary N) is 1. The molecule has 1 aromatic heterocycles. The van der Waals surface area contributed by atoms with Crippen LogP contribution in [-0.4, -0.2) is 27.1 Å². The van der Waals surface area contributed by atoms with Crippen molar-refractivity contribution in [3.05, 3.63) is 228 Å². The Morgan fingerprint density at radius 1 is 0.532 bits per heavy atom. The van der Waals surface area contributed by atoms with Gasteiger partial charge in [-0.1, -0.05) is 177 Å². The molecule has 4 unspecified atom stereocenters. The molecule has 0 spiro atoms. The van der Waals surface area contributed by atoms with Gasteiger partial charge in [0.25, 0.3) is 0 Å². The van der Waals surface area contributed by atoms with Crippen molar-refractivity contribution in [2.75, 3.05) is 5.32 Å². The number of para-hydroxylation sites is 2. The van der Waals surface area contributed by atoms with E-state index >= 15 is 0 Å². The van der Waals surface area contributed by atoms with Gasteiger partial charge < -0.3 is 10.1 Å². The topological polar surface area (TPSA) is 59.9 Å². The van der Waals surface area contributed by atoms with E-state index in [1.807, 2.05) is 36.4 Å². The van der Waals surface area contributed by atoms with Gasteiger partial charge in [-0.05, 0) is 86.4 Å². The molecule has 2 aliphatic carbocycles. The van der Waals surface area contributed by atoms with Crippen molar-refractivity contribution in [3.63, 3.8) is 0 Å². The number of nitrogens with zero attached hydrogens (tertiary/aromatic N) is 3. The highest BCUT2D eigenvalue weighted by Gasteiger charge is 2.45. The summed E-state index contributed by atoms with van der Waals surface area (Å²) in [4.78, 5) is 15.1. The van der Waals surface area contributed by atoms with Crippen molar-refractivity contribution < 1.29 is 4.74 Å². The lowest BCUT2D eigenvalue weighted by atomic mass is 9.68. The molecule has 62 heavy (non-hydrogen) atoms. The number of anilines is 1. The minimum atomic E-state index is -0.0942. The average Bonchev–Trinajstić information content (AvgIpc) is 3.71. The molecular formula is C57H42N4O. The Balaban J connectivity index is 0.966. The van der Waals surface area contributed by atoms with E-state index in [2.05, 4.69) is 170 Å². The third kappa shape index (κ3) is 6.03. The molecule has 4 atom stereocenters. The first kappa shape index (κ1) is 36.2. The second-order valence-electron chi connectivity index (χ2n) is 16.7. The largest absolute Gasteiger partial charge is 0.485 e. The lowest BCUT2D eigenvalue weighted by molar-refractivity contribution is 0.270. The molecule has 7 aromatic carbocycles. The quantitative estimate of drug-likeness (QED) is 0.182. The van der Waals surface area contributed by atoms with Crippen LogP contribution in [0.2, 0.25) is 0 Å². The van der Waals surface area contributed by atoms with Crippen molar-refractivity contribution in [3.8, 4) is 39.9 Å². The van der Waals surface area contributed by atoms with E-state index < -0.39 is 0 Å². The molecule has 5 nitrogen and oxygen atoms in total. The van der Waals surface area contributed by atoms with Gasteiger partial charge in [-0.3, -0.25) is 0 Å². The lowest BCUT2D eigenvalue weighted by Gasteiger charge is -2.41. The van der Waals surface area contributed by atoms with Gasteiger partial charge in [-0.15, -0.1) is 0 Å². The Labute approximate surface area is 361 Å². The van der Waals surface area contributed by atoms with Crippen LogP contribution in [0.15, 0.2) is 205 Å². The maximum absolute atomic E-state index is 6.80. The summed E-state index contributed by atoms with van der Waals surface area (Å²) < 4.78 is 6.80. The molecule has 0 amide bonds. The highest BCUT2D eigenvalue weighted by Crippen LogP contribution is 2.57. The molecular weight excluding hydrogens is 757 g/mol. The van der Waals surface area contributed by atoms with E-state index in [0.717, 1.165) is 39.9 Å². The predicted molar refractivity (Wildman–Crippen MR) is 252 cm³/mol. The van der Waals surface area contributed by atoms with Crippen LogP contribution in [0.3, 0.4) is 0 Å². The van der Waals surface area contributed by atoms with E-state index in [1.165, 1.54) is 55.5 Å². The van der Waals surface area contributed by atoms with Gasteiger partial charge in [0, 0.05) is 33.5 Å². The predicted octanol–water partition coefficient (Wildman–Crippen LogP) is 13.3. The van der Waals surface area contributed by atoms with Gasteiger partial charge in [0.1, 0.15) is 11.9 Å². The molecule has 0 radical (unpaired) electrons. The van der Waals surface area contributed by atoms with E-state index in [-0.39, 0.29) is 24.0 Å². The van der Waals surface area contributed by atoms with Gasteiger partial charge in [0.2, 0.25) is 0 Å². The summed E-state index contributed by atoms with van der Waals surface area (Å²) in [6.45, 7) is 2.38. The first-order valence-electron chi connectivity index (χ1n) is 21.6. The van der Waals surface area contributed by atoms with Crippen LogP contribution >= 0.6 is 0 Å². The van der Waals surface area contributed by atoms with Crippen LogP contribution < -0.4 is 10.1 Å². The monoisotopic (exact) mass is 798 g/mol. The number of allylic oxidation sites excluding steroid dienone is 3. The SMILES string of the molecule is CC1CC(c2ccc(-c3nc(-c4ccccc4)nc(-c4ccccc4)n3)c3ccccc23)=CC=C1C1Nc2ccccc2C2=C(c3ccccc3)C3c4ccccc4OC3C=C21. The van der Waals surface area contributed by atoms with Crippen LogP contribution in [-0.2, 0) is 0 Å². The van der Waals surface area contributed by atoms with Crippen LogP contribution in [0.1, 0.15) is 41.5 Å². The second kappa shape index (κ2) is 14.8. The number of benzene rings is 7. The molecule has 0 fully saturated rings. The first-order chi connectivity index (χ1) is 30.7. The van der Waals surface area contributed by atoms with Crippen molar-refractivity contribution in [2.24, 2.45) is 5.92 Å². The number of ether oxygens (including phenoxy) is 1. The normalized spacial score (nSPS) is 19.8. The summed E-state index contributed by atoms with van der Waals surface area (Å²) in [7, 11) is 0. The number of rotatable bonds is 6. The zero-order valence-electron chi connectivity index (χ0n) is 34.2. The van der Waals surface area contributed by atoms with E-state index in [4.69, 9.17) is 19.7 Å². The Hall–Kier alpha value is -7.63. The summed E-state index contributed by atoms with van der Waals surface area (Å²) >= 11 is 0. The minimum Gasteiger partial charge on any atom is -0.485 e. The molecule has 4 aliphatic rings. The first-order valence-corrected chi connectivity index (χ1v) is 21.6.